The summed E-state index contributed by atoms with van der Waals surface area (Å²) in [7, 11) is 0. The number of carbonyl (C=O) groups is 2. The highest BCUT2D eigenvalue weighted by atomic mass is 16.5. The molecule has 3 rings (SSSR count). The summed E-state index contributed by atoms with van der Waals surface area (Å²) in [6.45, 7) is 3.85. The smallest absolute Gasteiger partial charge is 0.338 e. The minimum absolute atomic E-state index is 0.322. The van der Waals surface area contributed by atoms with Crippen molar-refractivity contribution in [2.45, 2.75) is 26.2 Å². The third-order valence-corrected chi connectivity index (χ3v) is 4.42. The van der Waals surface area contributed by atoms with Crippen LogP contribution in [0.5, 0.6) is 0 Å². The predicted octanol–water partition coefficient (Wildman–Crippen LogP) is 3.94. The molecule has 0 aliphatic rings. The minimum atomic E-state index is -0.576. The number of rotatable bonds is 6. The van der Waals surface area contributed by atoms with Gasteiger partial charge in [-0.05, 0) is 42.2 Å². The Bertz CT molecular complexity index is 972. The van der Waals surface area contributed by atoms with Crippen LogP contribution >= 0.6 is 0 Å². The molecule has 0 unspecified atom stereocenters. The average molecular weight is 363 g/mol. The van der Waals surface area contributed by atoms with Gasteiger partial charge in [0.1, 0.15) is 0 Å². The molecule has 1 heterocycles. The number of benzene rings is 2. The first-order chi connectivity index (χ1) is 13.1. The van der Waals surface area contributed by atoms with Crippen molar-refractivity contribution in [3.8, 4) is 0 Å². The lowest BCUT2D eigenvalue weighted by Gasteiger charge is -2.15. The third-order valence-electron chi connectivity index (χ3n) is 4.42. The summed E-state index contributed by atoms with van der Waals surface area (Å²) < 4.78 is 5.14. The van der Waals surface area contributed by atoms with Crippen molar-refractivity contribution in [2.24, 2.45) is 0 Å². The quantitative estimate of drug-likeness (QED) is 0.671. The van der Waals surface area contributed by atoms with Crippen LogP contribution in [0.15, 0.2) is 54.9 Å². The van der Waals surface area contributed by atoms with Crippen LogP contribution in [0.3, 0.4) is 0 Å². The second kappa shape index (κ2) is 8.40. The highest BCUT2D eigenvalue weighted by Crippen LogP contribution is 2.26. The molecule has 3 aromatic rings. The molecule has 0 saturated heterocycles. The summed E-state index contributed by atoms with van der Waals surface area (Å²) in [6.07, 6.45) is 4.11. The standard InChI is InChI=1S/C21H21N3O3/c1-3-14(2)16-6-4-5-7-17(16)24-20(25)13-27-21(26)15-8-9-18-19(12-15)23-11-10-22-18/h4-12,14H,3,13H2,1-2H3,(H,24,25)/t14-/m1/s1. The molecule has 1 aromatic heterocycles. The van der Waals surface area contributed by atoms with Gasteiger partial charge in [-0.15, -0.1) is 0 Å². The Labute approximate surface area is 157 Å². The number of carbonyl (C=O) groups excluding carboxylic acids is 2. The van der Waals surface area contributed by atoms with Gasteiger partial charge in [-0.25, -0.2) is 4.79 Å². The van der Waals surface area contributed by atoms with Crippen LogP contribution in [0.25, 0.3) is 11.0 Å². The second-order valence-corrected chi connectivity index (χ2v) is 6.28. The Kier molecular flexibility index (Phi) is 5.76. The Balaban J connectivity index is 1.62. The Morgan fingerprint density at radius 3 is 2.59 bits per heavy atom. The average Bonchev–Trinajstić information content (AvgIpc) is 2.71. The predicted molar refractivity (Wildman–Crippen MR) is 104 cm³/mol. The van der Waals surface area contributed by atoms with E-state index in [1.54, 1.807) is 30.6 Å². The van der Waals surface area contributed by atoms with Crippen LogP contribution in [-0.4, -0.2) is 28.5 Å². The number of aromatic nitrogens is 2. The maximum atomic E-state index is 12.2. The fourth-order valence-corrected chi connectivity index (χ4v) is 2.75. The molecular formula is C21H21N3O3. The molecule has 138 valence electrons. The highest BCUT2D eigenvalue weighted by Gasteiger charge is 2.14. The number of esters is 1. The highest BCUT2D eigenvalue weighted by molar-refractivity contribution is 5.97. The van der Waals surface area contributed by atoms with Crippen LogP contribution in [0, 0.1) is 0 Å². The van der Waals surface area contributed by atoms with E-state index >= 15 is 0 Å². The molecule has 0 fully saturated rings. The largest absolute Gasteiger partial charge is 0.452 e. The zero-order valence-corrected chi connectivity index (χ0v) is 15.3. The van der Waals surface area contributed by atoms with Crippen LogP contribution in [-0.2, 0) is 9.53 Å². The van der Waals surface area contributed by atoms with Crippen molar-refractivity contribution >= 4 is 28.6 Å². The zero-order valence-electron chi connectivity index (χ0n) is 15.3. The summed E-state index contributed by atoms with van der Waals surface area (Å²) in [6, 6.07) is 12.6. The van der Waals surface area contributed by atoms with Gasteiger partial charge in [0.25, 0.3) is 5.91 Å². The van der Waals surface area contributed by atoms with Crippen molar-refractivity contribution in [1.29, 1.82) is 0 Å². The van der Waals surface area contributed by atoms with Gasteiger partial charge in [-0.3, -0.25) is 14.8 Å². The normalized spacial score (nSPS) is 11.8. The third kappa shape index (κ3) is 4.47. The van der Waals surface area contributed by atoms with E-state index in [-0.39, 0.29) is 12.5 Å². The van der Waals surface area contributed by atoms with Crippen LogP contribution in [0.4, 0.5) is 5.69 Å². The molecule has 0 aliphatic carbocycles. The molecule has 1 amide bonds. The molecule has 0 spiro atoms. The molecule has 0 saturated carbocycles. The van der Waals surface area contributed by atoms with Gasteiger partial charge in [0, 0.05) is 18.1 Å². The van der Waals surface area contributed by atoms with Crippen LogP contribution in [0.1, 0.15) is 42.1 Å². The monoisotopic (exact) mass is 363 g/mol. The molecule has 27 heavy (non-hydrogen) atoms. The lowest BCUT2D eigenvalue weighted by atomic mass is 9.97. The van der Waals surface area contributed by atoms with Gasteiger partial charge in [0.2, 0.25) is 0 Å². The van der Waals surface area contributed by atoms with E-state index < -0.39 is 5.97 Å². The zero-order chi connectivity index (χ0) is 19.2. The summed E-state index contributed by atoms with van der Waals surface area (Å²) >= 11 is 0. The Morgan fingerprint density at radius 2 is 1.81 bits per heavy atom. The first-order valence-electron chi connectivity index (χ1n) is 8.85. The van der Waals surface area contributed by atoms with Crippen molar-refractivity contribution in [3.63, 3.8) is 0 Å². The lowest BCUT2D eigenvalue weighted by Crippen LogP contribution is -2.21. The summed E-state index contributed by atoms with van der Waals surface area (Å²) in [5.74, 6) is -0.629. The fourth-order valence-electron chi connectivity index (χ4n) is 2.75. The molecule has 0 bridgehead atoms. The van der Waals surface area contributed by atoms with Gasteiger partial charge < -0.3 is 10.1 Å². The molecular weight excluding hydrogens is 342 g/mol. The van der Waals surface area contributed by atoms with Gasteiger partial charge in [-0.2, -0.15) is 0 Å². The van der Waals surface area contributed by atoms with E-state index in [0.29, 0.717) is 22.5 Å². The van der Waals surface area contributed by atoms with E-state index in [1.165, 1.54) is 0 Å². The maximum absolute atomic E-state index is 12.2. The molecule has 1 atom stereocenters. The SMILES string of the molecule is CC[C@@H](C)c1ccccc1NC(=O)COC(=O)c1ccc2nccnc2c1. The number of hydrogen-bond donors (Lipinski definition) is 1. The minimum Gasteiger partial charge on any atom is -0.452 e. The summed E-state index contributed by atoms with van der Waals surface area (Å²) in [5.41, 5.74) is 3.42. The number of nitrogens with zero attached hydrogens (tertiary/aromatic N) is 2. The van der Waals surface area contributed by atoms with Crippen molar-refractivity contribution in [3.05, 3.63) is 66.0 Å². The van der Waals surface area contributed by atoms with Crippen molar-refractivity contribution in [2.75, 3.05) is 11.9 Å². The van der Waals surface area contributed by atoms with E-state index in [2.05, 4.69) is 29.1 Å². The molecule has 0 radical (unpaired) electrons. The van der Waals surface area contributed by atoms with E-state index in [1.807, 2.05) is 24.3 Å². The first kappa shape index (κ1) is 18.5. The summed E-state index contributed by atoms with van der Waals surface area (Å²) in [4.78, 5) is 32.7. The number of amides is 1. The van der Waals surface area contributed by atoms with E-state index in [0.717, 1.165) is 17.7 Å². The van der Waals surface area contributed by atoms with Gasteiger partial charge in [-0.1, -0.05) is 32.0 Å². The first-order valence-corrected chi connectivity index (χ1v) is 8.85. The Morgan fingerprint density at radius 1 is 1.07 bits per heavy atom. The van der Waals surface area contributed by atoms with Crippen molar-refractivity contribution in [1.82, 2.24) is 9.97 Å². The molecule has 6 heteroatoms. The summed E-state index contributed by atoms with van der Waals surface area (Å²) in [5, 5.41) is 2.82. The molecule has 0 aliphatic heterocycles. The number of anilines is 1. The van der Waals surface area contributed by atoms with Crippen LogP contribution < -0.4 is 5.32 Å². The fraction of sp³-hybridized carbons (Fsp3) is 0.238. The number of fused-ring (bicyclic) bond motifs is 1. The number of ether oxygens (including phenoxy) is 1. The van der Waals surface area contributed by atoms with Gasteiger partial charge in [0.15, 0.2) is 6.61 Å². The number of nitrogens with one attached hydrogen (secondary N) is 1. The topological polar surface area (TPSA) is 81.2 Å². The van der Waals surface area contributed by atoms with E-state index in [4.69, 9.17) is 4.74 Å². The Hall–Kier alpha value is -3.28. The lowest BCUT2D eigenvalue weighted by molar-refractivity contribution is -0.119. The molecule has 1 N–H and O–H groups in total. The molecule has 6 nitrogen and oxygen atoms in total. The second-order valence-electron chi connectivity index (χ2n) is 6.28. The van der Waals surface area contributed by atoms with Crippen LogP contribution in [0.2, 0.25) is 0 Å². The number of hydrogen-bond acceptors (Lipinski definition) is 5. The van der Waals surface area contributed by atoms with Gasteiger partial charge in [0.05, 0.1) is 16.6 Å². The maximum Gasteiger partial charge on any atom is 0.338 e. The van der Waals surface area contributed by atoms with E-state index in [9.17, 15) is 9.59 Å². The van der Waals surface area contributed by atoms with Gasteiger partial charge >= 0.3 is 5.97 Å². The van der Waals surface area contributed by atoms with Crippen molar-refractivity contribution < 1.29 is 14.3 Å². The molecule has 2 aromatic carbocycles. The number of para-hydroxylation sites is 1.